The molecule has 0 atom stereocenters. The second-order valence-electron chi connectivity index (χ2n) is 5.89. The summed E-state index contributed by atoms with van der Waals surface area (Å²) in [5, 5.41) is 2.82. The van der Waals surface area contributed by atoms with Crippen LogP contribution in [0.4, 0.5) is 16.2 Å². The highest BCUT2D eigenvalue weighted by Crippen LogP contribution is 2.26. The average Bonchev–Trinajstić information content (AvgIpc) is 2.58. The maximum Gasteiger partial charge on any atom is 0.411 e. The van der Waals surface area contributed by atoms with Crippen LogP contribution < -0.4 is 11.1 Å². The van der Waals surface area contributed by atoms with Crippen molar-refractivity contribution in [1.82, 2.24) is 0 Å². The lowest BCUT2D eigenvalue weighted by atomic mass is 9.99. The van der Waals surface area contributed by atoms with Crippen LogP contribution in [0.5, 0.6) is 0 Å². The zero-order valence-corrected chi connectivity index (χ0v) is 14.5. The van der Waals surface area contributed by atoms with E-state index in [0.717, 1.165) is 53.7 Å². The molecule has 0 aliphatic rings. The van der Waals surface area contributed by atoms with E-state index < -0.39 is 6.09 Å². The lowest BCUT2D eigenvalue weighted by Gasteiger charge is -2.14. The number of carbonyl (C=O) groups is 1. The van der Waals surface area contributed by atoms with Crippen molar-refractivity contribution in [3.05, 3.63) is 59.2 Å². The predicted molar refractivity (Wildman–Crippen MR) is 99.1 cm³/mol. The van der Waals surface area contributed by atoms with E-state index in [1.54, 1.807) is 0 Å². The molecule has 0 heterocycles. The molecule has 0 spiro atoms. The Labute approximate surface area is 144 Å². The summed E-state index contributed by atoms with van der Waals surface area (Å²) in [5.74, 6) is 0. The number of aryl methyl sites for hydroxylation is 2. The molecule has 0 radical (unpaired) electrons. The van der Waals surface area contributed by atoms with Gasteiger partial charge >= 0.3 is 6.09 Å². The first-order chi connectivity index (χ1) is 11.6. The smallest absolute Gasteiger partial charge is 0.411 e. The zero-order valence-electron chi connectivity index (χ0n) is 14.5. The molecule has 0 saturated heterocycles. The van der Waals surface area contributed by atoms with E-state index in [4.69, 9.17) is 10.5 Å². The number of rotatable bonds is 7. The van der Waals surface area contributed by atoms with E-state index in [1.165, 1.54) is 0 Å². The number of amides is 1. The van der Waals surface area contributed by atoms with Gasteiger partial charge in [0.1, 0.15) is 6.61 Å². The Morgan fingerprint density at radius 3 is 2.17 bits per heavy atom. The Morgan fingerprint density at radius 1 is 1.04 bits per heavy atom. The quantitative estimate of drug-likeness (QED) is 0.710. The largest absolute Gasteiger partial charge is 0.444 e. The summed E-state index contributed by atoms with van der Waals surface area (Å²) >= 11 is 0. The fraction of sp³-hybridized carbons (Fsp3) is 0.350. The minimum absolute atomic E-state index is 0.255. The van der Waals surface area contributed by atoms with Crippen molar-refractivity contribution in [3.8, 4) is 0 Å². The van der Waals surface area contributed by atoms with E-state index in [9.17, 15) is 4.79 Å². The average molecular weight is 326 g/mol. The van der Waals surface area contributed by atoms with Crippen LogP contribution in [-0.2, 0) is 24.2 Å². The van der Waals surface area contributed by atoms with Gasteiger partial charge in [-0.25, -0.2) is 4.79 Å². The number of hydrogen-bond acceptors (Lipinski definition) is 3. The first-order valence-corrected chi connectivity index (χ1v) is 8.53. The minimum atomic E-state index is -0.450. The first kappa shape index (κ1) is 17.9. The standard InChI is InChI=1S/C20H26N2O2/c1-3-8-16-12-18(13-17(9-4-2)19(16)21)22-20(23)24-14-15-10-6-5-7-11-15/h5-7,10-13H,3-4,8-9,14,21H2,1-2H3,(H,22,23). The molecule has 128 valence electrons. The van der Waals surface area contributed by atoms with Crippen LogP contribution in [0.3, 0.4) is 0 Å². The number of carbonyl (C=O) groups excluding carboxylic acids is 1. The molecule has 3 N–H and O–H groups in total. The molecule has 0 bridgehead atoms. The van der Waals surface area contributed by atoms with Crippen molar-refractivity contribution in [3.63, 3.8) is 0 Å². The highest BCUT2D eigenvalue weighted by molar-refractivity contribution is 5.85. The first-order valence-electron chi connectivity index (χ1n) is 8.53. The number of anilines is 2. The molecule has 1 amide bonds. The molecule has 24 heavy (non-hydrogen) atoms. The molecule has 0 aliphatic carbocycles. The van der Waals surface area contributed by atoms with Crippen LogP contribution in [0.15, 0.2) is 42.5 Å². The monoisotopic (exact) mass is 326 g/mol. The number of nitrogen functional groups attached to an aromatic ring is 1. The van der Waals surface area contributed by atoms with Gasteiger partial charge in [-0.1, -0.05) is 57.0 Å². The topological polar surface area (TPSA) is 64.3 Å². The second-order valence-corrected chi connectivity index (χ2v) is 5.89. The number of nitrogens with two attached hydrogens (primary N) is 1. The Balaban J connectivity index is 2.05. The van der Waals surface area contributed by atoms with Crippen LogP contribution in [0.1, 0.15) is 43.4 Å². The van der Waals surface area contributed by atoms with Crippen molar-refractivity contribution in [2.75, 3.05) is 11.1 Å². The number of hydrogen-bond donors (Lipinski definition) is 2. The van der Waals surface area contributed by atoms with E-state index in [-0.39, 0.29) is 6.61 Å². The summed E-state index contributed by atoms with van der Waals surface area (Å²) < 4.78 is 5.28. The van der Waals surface area contributed by atoms with Gasteiger partial charge in [-0.05, 0) is 41.7 Å². The van der Waals surface area contributed by atoms with Gasteiger partial charge in [0.2, 0.25) is 0 Å². The van der Waals surface area contributed by atoms with Gasteiger partial charge in [0.15, 0.2) is 0 Å². The third kappa shape index (κ3) is 5.01. The molecule has 2 rings (SSSR count). The van der Waals surface area contributed by atoms with Crippen LogP contribution >= 0.6 is 0 Å². The molecule has 2 aromatic carbocycles. The van der Waals surface area contributed by atoms with Crippen molar-refractivity contribution in [2.24, 2.45) is 0 Å². The van der Waals surface area contributed by atoms with Gasteiger partial charge in [0.25, 0.3) is 0 Å². The molecule has 0 aromatic heterocycles. The maximum atomic E-state index is 12.0. The second kappa shape index (κ2) is 8.96. The zero-order chi connectivity index (χ0) is 17.4. The molecular weight excluding hydrogens is 300 g/mol. The van der Waals surface area contributed by atoms with Crippen LogP contribution in [0.2, 0.25) is 0 Å². The minimum Gasteiger partial charge on any atom is -0.444 e. The molecule has 0 saturated carbocycles. The number of benzene rings is 2. The van der Waals surface area contributed by atoms with Crippen molar-refractivity contribution in [2.45, 2.75) is 46.1 Å². The van der Waals surface area contributed by atoms with Gasteiger partial charge in [-0.15, -0.1) is 0 Å². The highest BCUT2D eigenvalue weighted by Gasteiger charge is 2.10. The van der Waals surface area contributed by atoms with Crippen molar-refractivity contribution in [1.29, 1.82) is 0 Å². The molecule has 4 heteroatoms. The van der Waals surface area contributed by atoms with E-state index >= 15 is 0 Å². The molecule has 0 unspecified atom stereocenters. The molecule has 4 nitrogen and oxygen atoms in total. The van der Waals surface area contributed by atoms with E-state index in [2.05, 4.69) is 19.2 Å². The third-order valence-electron chi connectivity index (χ3n) is 3.85. The van der Waals surface area contributed by atoms with Crippen LogP contribution in [0, 0.1) is 0 Å². The van der Waals surface area contributed by atoms with Gasteiger partial charge in [-0.2, -0.15) is 0 Å². The summed E-state index contributed by atoms with van der Waals surface area (Å²) in [6.07, 6.45) is 3.37. The number of nitrogens with one attached hydrogen (secondary N) is 1. The molecule has 0 fully saturated rings. The third-order valence-corrected chi connectivity index (χ3v) is 3.85. The summed E-state index contributed by atoms with van der Waals surface area (Å²) in [5.41, 5.74) is 11.0. The Bertz CT molecular complexity index is 642. The Kier molecular flexibility index (Phi) is 6.67. The molecular formula is C20H26N2O2. The normalized spacial score (nSPS) is 10.4. The van der Waals surface area contributed by atoms with Gasteiger partial charge in [0, 0.05) is 11.4 Å². The SMILES string of the molecule is CCCc1cc(NC(=O)OCc2ccccc2)cc(CCC)c1N. The maximum absolute atomic E-state index is 12.0. The highest BCUT2D eigenvalue weighted by atomic mass is 16.5. The lowest BCUT2D eigenvalue weighted by Crippen LogP contribution is -2.14. The van der Waals surface area contributed by atoms with E-state index in [0.29, 0.717) is 0 Å². The summed E-state index contributed by atoms with van der Waals surface area (Å²) in [6, 6.07) is 13.5. The Morgan fingerprint density at radius 2 is 1.62 bits per heavy atom. The van der Waals surface area contributed by atoms with Gasteiger partial charge in [-0.3, -0.25) is 5.32 Å². The summed E-state index contributed by atoms with van der Waals surface area (Å²) in [7, 11) is 0. The lowest BCUT2D eigenvalue weighted by molar-refractivity contribution is 0.155. The summed E-state index contributed by atoms with van der Waals surface area (Å²) in [4.78, 5) is 12.0. The fourth-order valence-corrected chi connectivity index (χ4v) is 2.68. The number of ether oxygens (including phenoxy) is 1. The molecule has 0 aliphatic heterocycles. The molecule has 2 aromatic rings. The Hall–Kier alpha value is -2.49. The van der Waals surface area contributed by atoms with Gasteiger partial charge in [0.05, 0.1) is 0 Å². The van der Waals surface area contributed by atoms with Crippen LogP contribution in [-0.4, -0.2) is 6.09 Å². The van der Waals surface area contributed by atoms with Crippen LogP contribution in [0.25, 0.3) is 0 Å². The van der Waals surface area contributed by atoms with Crippen molar-refractivity contribution >= 4 is 17.5 Å². The fourth-order valence-electron chi connectivity index (χ4n) is 2.68. The van der Waals surface area contributed by atoms with Gasteiger partial charge < -0.3 is 10.5 Å². The predicted octanol–water partition coefficient (Wildman–Crippen LogP) is 4.92. The van der Waals surface area contributed by atoms with E-state index in [1.807, 2.05) is 42.5 Å². The van der Waals surface area contributed by atoms with Crippen molar-refractivity contribution < 1.29 is 9.53 Å². The summed E-state index contributed by atoms with van der Waals surface area (Å²) in [6.45, 7) is 4.49.